The molecule has 1 amide bonds. The number of anilines is 1. The standard InChI is InChI=1S/C14H19NO3S/c1-17-13-10-11(15-7-3-4-14(15)16)5-6-12(13)18-8-9-19-2/h5-6,10H,3-4,7-9H2,1-2H3. The van der Waals surface area contributed by atoms with Gasteiger partial charge >= 0.3 is 0 Å². The largest absolute Gasteiger partial charge is 0.493 e. The lowest BCUT2D eigenvalue weighted by atomic mass is 10.2. The molecule has 0 radical (unpaired) electrons. The van der Waals surface area contributed by atoms with Crippen LogP contribution >= 0.6 is 11.8 Å². The molecule has 1 heterocycles. The number of thioether (sulfide) groups is 1. The summed E-state index contributed by atoms with van der Waals surface area (Å²) in [4.78, 5) is 13.5. The van der Waals surface area contributed by atoms with E-state index in [0.717, 1.165) is 30.2 Å². The average molecular weight is 281 g/mol. The molecule has 0 atom stereocenters. The molecule has 0 spiro atoms. The zero-order valence-electron chi connectivity index (χ0n) is 11.3. The lowest BCUT2D eigenvalue weighted by molar-refractivity contribution is -0.117. The summed E-state index contributed by atoms with van der Waals surface area (Å²) in [5.74, 6) is 2.53. The Labute approximate surface area is 118 Å². The van der Waals surface area contributed by atoms with E-state index in [4.69, 9.17) is 9.47 Å². The lowest BCUT2D eigenvalue weighted by Gasteiger charge is -2.18. The summed E-state index contributed by atoms with van der Waals surface area (Å²) in [6.45, 7) is 1.44. The highest BCUT2D eigenvalue weighted by atomic mass is 32.2. The van der Waals surface area contributed by atoms with Gasteiger partial charge in [-0.25, -0.2) is 0 Å². The maximum Gasteiger partial charge on any atom is 0.227 e. The molecule has 5 heteroatoms. The first-order valence-corrected chi connectivity index (χ1v) is 7.76. The molecule has 1 saturated heterocycles. The van der Waals surface area contributed by atoms with Crippen LogP contribution < -0.4 is 14.4 Å². The van der Waals surface area contributed by atoms with Crippen LogP contribution in [0.3, 0.4) is 0 Å². The summed E-state index contributed by atoms with van der Waals surface area (Å²) in [7, 11) is 1.62. The van der Waals surface area contributed by atoms with Crippen molar-refractivity contribution in [1.82, 2.24) is 0 Å². The highest BCUT2D eigenvalue weighted by Gasteiger charge is 2.22. The quantitative estimate of drug-likeness (QED) is 0.751. The fraction of sp³-hybridized carbons (Fsp3) is 0.500. The summed E-state index contributed by atoms with van der Waals surface area (Å²) >= 11 is 1.74. The van der Waals surface area contributed by atoms with E-state index in [-0.39, 0.29) is 5.91 Å². The Morgan fingerprint density at radius 1 is 1.37 bits per heavy atom. The van der Waals surface area contributed by atoms with Crippen LogP contribution in [-0.2, 0) is 4.79 Å². The van der Waals surface area contributed by atoms with E-state index in [2.05, 4.69) is 0 Å². The summed E-state index contributed by atoms with van der Waals surface area (Å²) < 4.78 is 11.0. The molecule has 19 heavy (non-hydrogen) atoms. The molecule has 104 valence electrons. The predicted octanol–water partition coefficient (Wildman–Crippen LogP) is 2.56. The highest BCUT2D eigenvalue weighted by Crippen LogP contribution is 2.33. The Hall–Kier alpha value is -1.36. The molecular formula is C14H19NO3S. The molecule has 4 nitrogen and oxygen atoms in total. The molecule has 2 rings (SSSR count). The second kappa shape index (κ2) is 6.70. The van der Waals surface area contributed by atoms with Crippen LogP contribution in [0.2, 0.25) is 0 Å². The van der Waals surface area contributed by atoms with Crippen molar-refractivity contribution in [3.05, 3.63) is 18.2 Å². The maximum absolute atomic E-state index is 11.7. The molecular weight excluding hydrogens is 262 g/mol. The van der Waals surface area contributed by atoms with E-state index in [1.54, 1.807) is 23.8 Å². The maximum atomic E-state index is 11.7. The van der Waals surface area contributed by atoms with Gasteiger partial charge in [-0.3, -0.25) is 4.79 Å². The third-order valence-electron chi connectivity index (χ3n) is 3.08. The lowest BCUT2D eigenvalue weighted by Crippen LogP contribution is -2.23. The molecule has 1 aliphatic rings. The summed E-state index contributed by atoms with van der Waals surface area (Å²) in [6, 6.07) is 5.66. The van der Waals surface area contributed by atoms with Crippen molar-refractivity contribution in [2.75, 3.05) is 37.2 Å². The van der Waals surface area contributed by atoms with Crippen LogP contribution in [0.4, 0.5) is 5.69 Å². The van der Waals surface area contributed by atoms with Crippen LogP contribution in [0.15, 0.2) is 18.2 Å². The second-order valence-electron chi connectivity index (χ2n) is 4.33. The first-order valence-electron chi connectivity index (χ1n) is 6.36. The summed E-state index contributed by atoms with van der Waals surface area (Å²) in [5, 5.41) is 0. The third kappa shape index (κ3) is 3.35. The topological polar surface area (TPSA) is 38.8 Å². The van der Waals surface area contributed by atoms with Crippen LogP contribution in [0, 0.1) is 0 Å². The number of rotatable bonds is 6. The van der Waals surface area contributed by atoms with E-state index in [1.807, 2.05) is 24.5 Å². The molecule has 1 aromatic carbocycles. The Kier molecular flexibility index (Phi) is 4.96. The van der Waals surface area contributed by atoms with Crippen molar-refractivity contribution in [2.24, 2.45) is 0 Å². The molecule has 1 fully saturated rings. The van der Waals surface area contributed by atoms with Gasteiger partial charge in [-0.15, -0.1) is 0 Å². The summed E-state index contributed by atoms with van der Waals surface area (Å²) in [6.07, 6.45) is 3.60. The zero-order valence-corrected chi connectivity index (χ0v) is 12.2. The fourth-order valence-electron chi connectivity index (χ4n) is 2.10. The number of amides is 1. The van der Waals surface area contributed by atoms with Crippen molar-refractivity contribution in [1.29, 1.82) is 0 Å². The van der Waals surface area contributed by atoms with Gasteiger partial charge in [-0.05, 0) is 24.8 Å². The SMILES string of the molecule is COc1cc(N2CCCC2=O)ccc1OCCSC. The van der Waals surface area contributed by atoms with E-state index in [9.17, 15) is 4.79 Å². The minimum absolute atomic E-state index is 0.179. The Morgan fingerprint density at radius 3 is 2.84 bits per heavy atom. The van der Waals surface area contributed by atoms with Crippen molar-refractivity contribution >= 4 is 23.4 Å². The van der Waals surface area contributed by atoms with Gasteiger partial charge in [0.15, 0.2) is 11.5 Å². The first-order chi connectivity index (χ1) is 9.26. The molecule has 0 saturated carbocycles. The van der Waals surface area contributed by atoms with Gasteiger partial charge in [0, 0.05) is 30.5 Å². The van der Waals surface area contributed by atoms with E-state index in [1.165, 1.54) is 0 Å². The van der Waals surface area contributed by atoms with Crippen LogP contribution in [0.25, 0.3) is 0 Å². The molecule has 0 bridgehead atoms. The van der Waals surface area contributed by atoms with Crippen molar-refractivity contribution in [2.45, 2.75) is 12.8 Å². The minimum Gasteiger partial charge on any atom is -0.493 e. The number of methoxy groups -OCH3 is 1. The van der Waals surface area contributed by atoms with Crippen LogP contribution in [-0.4, -0.2) is 38.2 Å². The van der Waals surface area contributed by atoms with Crippen molar-refractivity contribution in [3.63, 3.8) is 0 Å². The molecule has 0 aliphatic carbocycles. The smallest absolute Gasteiger partial charge is 0.227 e. The van der Waals surface area contributed by atoms with E-state index >= 15 is 0 Å². The predicted molar refractivity (Wildman–Crippen MR) is 78.5 cm³/mol. The second-order valence-corrected chi connectivity index (χ2v) is 5.31. The van der Waals surface area contributed by atoms with E-state index < -0.39 is 0 Å². The third-order valence-corrected chi connectivity index (χ3v) is 3.65. The van der Waals surface area contributed by atoms with Crippen molar-refractivity contribution in [3.8, 4) is 11.5 Å². The number of carbonyl (C=O) groups is 1. The monoisotopic (exact) mass is 281 g/mol. The Balaban J connectivity index is 2.13. The molecule has 0 N–H and O–H groups in total. The number of carbonyl (C=O) groups excluding carboxylic acids is 1. The molecule has 1 aromatic rings. The Morgan fingerprint density at radius 2 is 2.21 bits per heavy atom. The molecule has 0 unspecified atom stereocenters. The van der Waals surface area contributed by atoms with Gasteiger partial charge in [-0.1, -0.05) is 0 Å². The van der Waals surface area contributed by atoms with Gasteiger partial charge in [0.1, 0.15) is 0 Å². The van der Waals surface area contributed by atoms with Crippen LogP contribution in [0.1, 0.15) is 12.8 Å². The molecule has 0 aromatic heterocycles. The number of nitrogens with zero attached hydrogens (tertiary/aromatic N) is 1. The van der Waals surface area contributed by atoms with Gasteiger partial charge < -0.3 is 14.4 Å². The van der Waals surface area contributed by atoms with Gasteiger partial charge in [0.05, 0.1) is 13.7 Å². The zero-order chi connectivity index (χ0) is 13.7. The highest BCUT2D eigenvalue weighted by molar-refractivity contribution is 7.98. The average Bonchev–Trinajstić information content (AvgIpc) is 2.85. The van der Waals surface area contributed by atoms with Crippen molar-refractivity contribution < 1.29 is 14.3 Å². The normalized spacial score (nSPS) is 14.8. The first kappa shape index (κ1) is 14.1. The van der Waals surface area contributed by atoms with Gasteiger partial charge in [0.2, 0.25) is 5.91 Å². The Bertz CT molecular complexity index is 450. The number of hydrogen-bond acceptors (Lipinski definition) is 4. The van der Waals surface area contributed by atoms with E-state index in [0.29, 0.717) is 18.8 Å². The van der Waals surface area contributed by atoms with Crippen LogP contribution in [0.5, 0.6) is 11.5 Å². The van der Waals surface area contributed by atoms with Gasteiger partial charge in [-0.2, -0.15) is 11.8 Å². The fourth-order valence-corrected chi connectivity index (χ4v) is 2.35. The van der Waals surface area contributed by atoms with Gasteiger partial charge in [0.25, 0.3) is 0 Å². The molecule has 1 aliphatic heterocycles. The number of hydrogen-bond donors (Lipinski definition) is 0. The summed E-state index contributed by atoms with van der Waals surface area (Å²) in [5.41, 5.74) is 0.886. The number of ether oxygens (including phenoxy) is 2. The minimum atomic E-state index is 0.179. The number of benzene rings is 1.